The van der Waals surface area contributed by atoms with E-state index in [4.69, 9.17) is 5.73 Å². The van der Waals surface area contributed by atoms with Gasteiger partial charge in [0.1, 0.15) is 5.82 Å². The number of carbonyl (C=O) groups is 1. The average molecular weight is 333 g/mol. The Labute approximate surface area is 135 Å². The van der Waals surface area contributed by atoms with Crippen LogP contribution < -0.4 is 5.73 Å². The van der Waals surface area contributed by atoms with Crippen molar-refractivity contribution in [2.75, 3.05) is 25.4 Å². The van der Waals surface area contributed by atoms with Crippen molar-refractivity contribution < 1.29 is 9.18 Å². The first-order valence-electron chi connectivity index (χ1n) is 6.97. The van der Waals surface area contributed by atoms with Gasteiger partial charge in [-0.2, -0.15) is 0 Å². The highest BCUT2D eigenvalue weighted by molar-refractivity contribution is 7.99. The van der Waals surface area contributed by atoms with E-state index in [1.807, 2.05) is 11.8 Å². The second-order valence-electron chi connectivity index (χ2n) is 5.34. The van der Waals surface area contributed by atoms with E-state index < -0.39 is 0 Å². The first kappa shape index (κ1) is 18.3. The molecule has 2 rings (SSSR count). The third kappa shape index (κ3) is 5.16. The number of amides is 1. The molecule has 118 valence electrons. The van der Waals surface area contributed by atoms with Crippen molar-refractivity contribution in [1.29, 1.82) is 0 Å². The quantitative estimate of drug-likeness (QED) is 0.843. The molecule has 1 fully saturated rings. The van der Waals surface area contributed by atoms with Crippen molar-refractivity contribution in [3.05, 3.63) is 30.1 Å². The Bertz CT molecular complexity index is 457. The van der Waals surface area contributed by atoms with E-state index in [-0.39, 0.29) is 30.0 Å². The minimum Gasteiger partial charge on any atom is -0.342 e. The van der Waals surface area contributed by atoms with Crippen LogP contribution in [0.25, 0.3) is 0 Å². The van der Waals surface area contributed by atoms with Crippen LogP contribution in [0.4, 0.5) is 4.39 Å². The van der Waals surface area contributed by atoms with Crippen LogP contribution in [0.3, 0.4) is 0 Å². The predicted molar refractivity (Wildman–Crippen MR) is 87.3 cm³/mol. The Hall–Kier alpha value is -0.780. The molecule has 3 nitrogen and oxygen atoms in total. The maximum absolute atomic E-state index is 12.8. The fourth-order valence-corrected chi connectivity index (χ4v) is 3.27. The van der Waals surface area contributed by atoms with Gasteiger partial charge in [-0.3, -0.25) is 4.79 Å². The van der Waals surface area contributed by atoms with Crippen LogP contribution in [0.15, 0.2) is 29.2 Å². The Balaban J connectivity index is 0.00000220. The summed E-state index contributed by atoms with van der Waals surface area (Å²) in [6.07, 6.45) is 1.01. The summed E-state index contributed by atoms with van der Waals surface area (Å²) in [4.78, 5) is 15.2. The van der Waals surface area contributed by atoms with E-state index in [1.165, 1.54) is 12.1 Å². The van der Waals surface area contributed by atoms with Crippen LogP contribution in [0.2, 0.25) is 0 Å². The number of hydrogen-bond donors (Lipinski definition) is 1. The lowest BCUT2D eigenvalue weighted by Crippen LogP contribution is -2.34. The average Bonchev–Trinajstić information content (AvgIpc) is 2.94. The largest absolute Gasteiger partial charge is 0.342 e. The monoisotopic (exact) mass is 332 g/mol. The lowest BCUT2D eigenvalue weighted by atomic mass is 10.1. The molecule has 1 saturated heterocycles. The van der Waals surface area contributed by atoms with Crippen molar-refractivity contribution in [2.45, 2.75) is 18.2 Å². The van der Waals surface area contributed by atoms with E-state index >= 15 is 0 Å². The van der Waals surface area contributed by atoms with Crippen molar-refractivity contribution in [2.24, 2.45) is 17.6 Å². The molecule has 1 aromatic rings. The molecule has 1 aromatic carbocycles. The second-order valence-corrected chi connectivity index (χ2v) is 6.43. The van der Waals surface area contributed by atoms with Crippen LogP contribution in [0.5, 0.6) is 0 Å². The molecule has 0 bridgehead atoms. The molecule has 1 aliphatic rings. The molecule has 1 heterocycles. The van der Waals surface area contributed by atoms with Crippen molar-refractivity contribution >= 4 is 30.1 Å². The molecule has 6 heteroatoms. The molecule has 1 aliphatic heterocycles. The van der Waals surface area contributed by atoms with E-state index in [2.05, 4.69) is 0 Å². The highest BCUT2D eigenvalue weighted by atomic mass is 35.5. The van der Waals surface area contributed by atoms with Gasteiger partial charge in [-0.1, -0.05) is 6.92 Å². The fraction of sp³-hybridized carbons (Fsp3) is 0.533. The Morgan fingerprint density at radius 1 is 1.48 bits per heavy atom. The van der Waals surface area contributed by atoms with Gasteiger partial charge in [-0.15, -0.1) is 24.2 Å². The molecule has 2 atom stereocenters. The molecule has 0 aliphatic carbocycles. The van der Waals surface area contributed by atoms with E-state index in [0.717, 1.165) is 24.4 Å². The Morgan fingerprint density at radius 2 is 2.14 bits per heavy atom. The zero-order chi connectivity index (χ0) is 14.5. The Morgan fingerprint density at radius 3 is 2.71 bits per heavy atom. The predicted octanol–water partition coefficient (Wildman–Crippen LogP) is 2.78. The zero-order valence-corrected chi connectivity index (χ0v) is 13.8. The molecule has 1 amide bonds. The van der Waals surface area contributed by atoms with Gasteiger partial charge in [0.2, 0.25) is 5.91 Å². The Kier molecular flexibility index (Phi) is 7.49. The summed E-state index contributed by atoms with van der Waals surface area (Å²) in [7, 11) is 0. The van der Waals surface area contributed by atoms with Crippen LogP contribution in [-0.2, 0) is 4.79 Å². The van der Waals surface area contributed by atoms with E-state index in [9.17, 15) is 9.18 Å². The van der Waals surface area contributed by atoms with Gasteiger partial charge < -0.3 is 10.6 Å². The number of benzene rings is 1. The van der Waals surface area contributed by atoms with Crippen LogP contribution >= 0.6 is 24.2 Å². The van der Waals surface area contributed by atoms with E-state index in [1.54, 1.807) is 23.9 Å². The minimum absolute atomic E-state index is 0. The molecular formula is C15H22ClFN2OS. The summed E-state index contributed by atoms with van der Waals surface area (Å²) in [6, 6.07) is 6.39. The lowest BCUT2D eigenvalue weighted by Gasteiger charge is -2.20. The normalized spacial score (nSPS) is 19.2. The second kappa shape index (κ2) is 8.61. The van der Waals surface area contributed by atoms with Crippen LogP contribution in [0, 0.1) is 17.7 Å². The molecule has 2 unspecified atom stereocenters. The number of thioether (sulfide) groups is 1. The summed E-state index contributed by atoms with van der Waals surface area (Å²) in [5.74, 6) is 1.12. The van der Waals surface area contributed by atoms with Gasteiger partial charge in [-0.05, 0) is 43.1 Å². The molecule has 0 aromatic heterocycles. The highest BCUT2D eigenvalue weighted by Gasteiger charge is 2.28. The number of nitrogens with zero attached hydrogens (tertiary/aromatic N) is 1. The third-order valence-electron chi connectivity index (χ3n) is 3.67. The topological polar surface area (TPSA) is 46.3 Å². The summed E-state index contributed by atoms with van der Waals surface area (Å²) < 4.78 is 12.8. The number of nitrogens with two attached hydrogens (primary N) is 1. The summed E-state index contributed by atoms with van der Waals surface area (Å²) in [5.41, 5.74) is 5.65. The van der Waals surface area contributed by atoms with Gasteiger partial charge in [0.25, 0.3) is 0 Å². The SMILES string of the molecule is CC(CSc1ccc(F)cc1)C(=O)N1CCC(CN)C1.Cl. The summed E-state index contributed by atoms with van der Waals surface area (Å²) >= 11 is 1.59. The standard InChI is InChI=1S/C15H21FN2OS.ClH/c1-11(10-20-14-4-2-13(16)3-5-14)15(19)18-7-6-12(8-17)9-18;/h2-5,11-12H,6-10,17H2,1H3;1H. The zero-order valence-electron chi connectivity index (χ0n) is 12.1. The molecule has 2 N–H and O–H groups in total. The lowest BCUT2D eigenvalue weighted by molar-refractivity contribution is -0.133. The number of carbonyl (C=O) groups excluding carboxylic acids is 1. The molecular weight excluding hydrogens is 311 g/mol. The van der Waals surface area contributed by atoms with Gasteiger partial charge in [0, 0.05) is 29.7 Å². The van der Waals surface area contributed by atoms with Crippen LogP contribution in [0.1, 0.15) is 13.3 Å². The maximum Gasteiger partial charge on any atom is 0.226 e. The molecule has 0 radical (unpaired) electrons. The summed E-state index contributed by atoms with van der Waals surface area (Å²) in [6.45, 7) is 4.23. The number of rotatable bonds is 5. The van der Waals surface area contributed by atoms with Crippen LogP contribution in [-0.4, -0.2) is 36.2 Å². The van der Waals surface area contributed by atoms with Gasteiger partial charge in [-0.25, -0.2) is 4.39 Å². The van der Waals surface area contributed by atoms with Gasteiger partial charge >= 0.3 is 0 Å². The summed E-state index contributed by atoms with van der Waals surface area (Å²) in [5, 5.41) is 0. The first-order chi connectivity index (χ1) is 9.60. The van der Waals surface area contributed by atoms with Crippen molar-refractivity contribution in [1.82, 2.24) is 4.90 Å². The van der Waals surface area contributed by atoms with Crippen molar-refractivity contribution in [3.63, 3.8) is 0 Å². The van der Waals surface area contributed by atoms with Gasteiger partial charge in [0.05, 0.1) is 0 Å². The number of hydrogen-bond acceptors (Lipinski definition) is 3. The number of likely N-dealkylation sites (tertiary alicyclic amines) is 1. The van der Waals surface area contributed by atoms with Crippen molar-refractivity contribution in [3.8, 4) is 0 Å². The van der Waals surface area contributed by atoms with Gasteiger partial charge in [0.15, 0.2) is 0 Å². The number of halogens is 2. The maximum atomic E-state index is 12.8. The third-order valence-corrected chi connectivity index (χ3v) is 4.94. The molecule has 21 heavy (non-hydrogen) atoms. The van der Waals surface area contributed by atoms with E-state index in [0.29, 0.717) is 18.2 Å². The highest BCUT2D eigenvalue weighted by Crippen LogP contribution is 2.23. The smallest absolute Gasteiger partial charge is 0.226 e. The first-order valence-corrected chi connectivity index (χ1v) is 7.96. The minimum atomic E-state index is -0.233. The fourth-order valence-electron chi connectivity index (χ4n) is 2.36. The molecule has 0 saturated carbocycles. The molecule has 0 spiro atoms.